The van der Waals surface area contributed by atoms with Gasteiger partial charge in [0.05, 0.1) is 18.8 Å². The molecular formula is C25H46N2O6. The Morgan fingerprint density at radius 2 is 1.82 bits per heavy atom. The molecular weight excluding hydrogens is 424 g/mol. The van der Waals surface area contributed by atoms with Crippen molar-refractivity contribution in [3.05, 3.63) is 0 Å². The highest BCUT2D eigenvalue weighted by molar-refractivity contribution is 5.86. The molecule has 192 valence electrons. The van der Waals surface area contributed by atoms with E-state index in [4.69, 9.17) is 14.2 Å². The molecule has 2 aliphatic rings. The van der Waals surface area contributed by atoms with E-state index in [0.29, 0.717) is 32.0 Å². The van der Waals surface area contributed by atoms with Gasteiger partial charge in [-0.3, -0.25) is 4.79 Å². The van der Waals surface area contributed by atoms with Crippen LogP contribution in [0.4, 0.5) is 4.79 Å². The van der Waals surface area contributed by atoms with Crippen LogP contribution < -0.4 is 10.6 Å². The predicted molar refractivity (Wildman–Crippen MR) is 127 cm³/mol. The van der Waals surface area contributed by atoms with Crippen molar-refractivity contribution in [1.29, 1.82) is 0 Å². The summed E-state index contributed by atoms with van der Waals surface area (Å²) in [5.41, 5.74) is -0.647. The van der Waals surface area contributed by atoms with Crippen molar-refractivity contribution in [2.75, 3.05) is 19.8 Å². The van der Waals surface area contributed by atoms with Crippen molar-refractivity contribution in [3.8, 4) is 0 Å². The zero-order valence-corrected chi connectivity index (χ0v) is 21.1. The van der Waals surface area contributed by atoms with Crippen LogP contribution in [0.5, 0.6) is 0 Å². The van der Waals surface area contributed by atoms with E-state index in [-0.39, 0.29) is 18.6 Å². The molecule has 2 amide bonds. The molecule has 1 saturated heterocycles. The van der Waals surface area contributed by atoms with E-state index in [0.717, 1.165) is 38.5 Å². The molecule has 0 aromatic rings. The number of carbonyl (C=O) groups is 2. The minimum absolute atomic E-state index is 0.178. The molecule has 0 aromatic carbocycles. The Morgan fingerprint density at radius 1 is 1.12 bits per heavy atom. The second-order valence-electron chi connectivity index (χ2n) is 10.5. The van der Waals surface area contributed by atoms with E-state index in [1.165, 1.54) is 12.8 Å². The van der Waals surface area contributed by atoms with Crippen LogP contribution in [0.3, 0.4) is 0 Å². The number of unbranched alkanes of at least 4 members (excludes halogenated alkanes) is 1. The Balaban J connectivity index is 1.99. The molecule has 0 radical (unpaired) electrons. The van der Waals surface area contributed by atoms with Gasteiger partial charge in [-0.2, -0.15) is 0 Å². The summed E-state index contributed by atoms with van der Waals surface area (Å²) in [6.45, 7) is 8.90. The molecule has 2 rings (SSSR count). The lowest BCUT2D eigenvalue weighted by Crippen LogP contribution is -2.55. The van der Waals surface area contributed by atoms with Crippen molar-refractivity contribution in [1.82, 2.24) is 10.6 Å². The van der Waals surface area contributed by atoms with E-state index in [9.17, 15) is 14.7 Å². The molecule has 3 N–H and O–H groups in total. The summed E-state index contributed by atoms with van der Waals surface area (Å²) in [6, 6.07) is -1.23. The molecule has 1 aliphatic heterocycles. The summed E-state index contributed by atoms with van der Waals surface area (Å²) in [5.74, 6) is 0.0854. The fraction of sp³-hybridized carbons (Fsp3) is 0.920. The number of ether oxygens (including phenoxy) is 3. The second-order valence-corrected chi connectivity index (χ2v) is 10.5. The van der Waals surface area contributed by atoms with Crippen molar-refractivity contribution >= 4 is 12.0 Å². The third-order valence-corrected chi connectivity index (χ3v) is 6.35. The van der Waals surface area contributed by atoms with E-state index < -0.39 is 29.9 Å². The van der Waals surface area contributed by atoms with Gasteiger partial charge in [0.2, 0.25) is 5.91 Å². The first-order chi connectivity index (χ1) is 15.7. The van der Waals surface area contributed by atoms with Gasteiger partial charge in [-0.05, 0) is 46.0 Å². The second kappa shape index (κ2) is 14.1. The van der Waals surface area contributed by atoms with Gasteiger partial charge in [0.1, 0.15) is 17.7 Å². The highest BCUT2D eigenvalue weighted by atomic mass is 16.6. The van der Waals surface area contributed by atoms with E-state index >= 15 is 0 Å². The highest BCUT2D eigenvalue weighted by Gasteiger charge is 2.39. The van der Waals surface area contributed by atoms with Gasteiger partial charge in [0.15, 0.2) is 0 Å². The van der Waals surface area contributed by atoms with Crippen LogP contribution in [-0.2, 0) is 19.0 Å². The summed E-state index contributed by atoms with van der Waals surface area (Å²) in [6.07, 6.45) is 8.43. The first-order valence-corrected chi connectivity index (χ1v) is 12.9. The van der Waals surface area contributed by atoms with Crippen molar-refractivity contribution in [3.63, 3.8) is 0 Å². The number of aliphatic hydroxyl groups is 1. The smallest absolute Gasteiger partial charge is 0.408 e. The van der Waals surface area contributed by atoms with Gasteiger partial charge >= 0.3 is 6.09 Å². The molecule has 1 aliphatic carbocycles. The van der Waals surface area contributed by atoms with E-state index in [1.54, 1.807) is 20.8 Å². The Hall–Kier alpha value is -1.38. The lowest BCUT2D eigenvalue weighted by Gasteiger charge is -2.28. The maximum absolute atomic E-state index is 13.3. The largest absolute Gasteiger partial charge is 0.444 e. The number of amides is 2. The molecule has 2 fully saturated rings. The number of nitrogens with one attached hydrogen (secondary N) is 2. The van der Waals surface area contributed by atoms with Crippen molar-refractivity contribution in [2.45, 2.75) is 122 Å². The Morgan fingerprint density at radius 3 is 2.45 bits per heavy atom. The number of carbonyl (C=O) groups excluding carboxylic acids is 2. The number of rotatable bonds is 11. The first kappa shape index (κ1) is 27.9. The lowest BCUT2D eigenvalue weighted by atomic mass is 9.92. The van der Waals surface area contributed by atoms with Crippen LogP contribution in [0.15, 0.2) is 0 Å². The molecule has 8 nitrogen and oxygen atoms in total. The molecule has 8 heteroatoms. The Bertz CT molecular complexity index is 586. The summed E-state index contributed by atoms with van der Waals surface area (Å²) in [4.78, 5) is 25.8. The average molecular weight is 471 g/mol. The third kappa shape index (κ3) is 10.6. The molecule has 0 aromatic heterocycles. The van der Waals surface area contributed by atoms with E-state index in [1.807, 2.05) is 0 Å². The van der Waals surface area contributed by atoms with Crippen LogP contribution in [0.2, 0.25) is 0 Å². The van der Waals surface area contributed by atoms with Crippen molar-refractivity contribution < 1.29 is 28.9 Å². The Labute approximate surface area is 199 Å². The van der Waals surface area contributed by atoms with Gasteiger partial charge in [-0.15, -0.1) is 0 Å². The SMILES string of the molecule is CCCCOCC[C@@H]1OC[C@H](O)[C@H]1NC(=O)[C@H](CC1CCCCCC1)NC(=O)OC(C)(C)C. The standard InChI is InChI=1S/C25H46N2O6/c1-5-6-14-31-15-13-21-22(20(28)17-32-21)27-23(29)19(26-24(30)33-25(2,3)4)16-18-11-9-7-8-10-12-18/h18-22,28H,5-17H2,1-4H3,(H,26,30)(H,27,29)/t19-,20-,21-,22+/m0/s1. The van der Waals surface area contributed by atoms with Crippen LogP contribution in [0, 0.1) is 5.92 Å². The predicted octanol–water partition coefficient (Wildman–Crippen LogP) is 3.69. The summed E-state index contributed by atoms with van der Waals surface area (Å²) in [5, 5.41) is 16.2. The molecule has 0 unspecified atom stereocenters. The number of alkyl carbamates (subject to hydrolysis) is 1. The molecule has 0 bridgehead atoms. The molecule has 1 heterocycles. The van der Waals surface area contributed by atoms with Gasteiger partial charge in [-0.25, -0.2) is 4.79 Å². The van der Waals surface area contributed by atoms with Crippen LogP contribution >= 0.6 is 0 Å². The van der Waals surface area contributed by atoms with Crippen LogP contribution in [0.1, 0.15) is 91.9 Å². The van der Waals surface area contributed by atoms with Gasteiger partial charge in [0, 0.05) is 13.2 Å². The molecule has 0 spiro atoms. The number of aliphatic hydroxyl groups excluding tert-OH is 1. The fourth-order valence-corrected chi connectivity index (χ4v) is 4.56. The fourth-order valence-electron chi connectivity index (χ4n) is 4.56. The van der Waals surface area contributed by atoms with Gasteiger partial charge in [-0.1, -0.05) is 51.9 Å². The minimum atomic E-state index is -0.783. The quantitative estimate of drug-likeness (QED) is 0.314. The molecule has 33 heavy (non-hydrogen) atoms. The van der Waals surface area contributed by atoms with E-state index in [2.05, 4.69) is 17.6 Å². The average Bonchev–Trinajstić information content (AvgIpc) is 2.92. The van der Waals surface area contributed by atoms with Crippen LogP contribution in [0.25, 0.3) is 0 Å². The normalized spacial score (nSPS) is 25.3. The van der Waals surface area contributed by atoms with Crippen molar-refractivity contribution in [2.24, 2.45) is 5.92 Å². The minimum Gasteiger partial charge on any atom is -0.444 e. The zero-order valence-electron chi connectivity index (χ0n) is 21.1. The first-order valence-electron chi connectivity index (χ1n) is 12.9. The molecule has 4 atom stereocenters. The lowest BCUT2D eigenvalue weighted by molar-refractivity contribution is -0.125. The highest BCUT2D eigenvalue weighted by Crippen LogP contribution is 2.27. The maximum atomic E-state index is 13.3. The third-order valence-electron chi connectivity index (χ3n) is 6.35. The van der Waals surface area contributed by atoms with Crippen LogP contribution in [-0.4, -0.2) is 66.8 Å². The zero-order chi connectivity index (χ0) is 24.3. The summed E-state index contributed by atoms with van der Waals surface area (Å²) >= 11 is 0. The number of hydrogen-bond acceptors (Lipinski definition) is 6. The van der Waals surface area contributed by atoms with Gasteiger partial charge in [0.25, 0.3) is 0 Å². The topological polar surface area (TPSA) is 106 Å². The summed E-state index contributed by atoms with van der Waals surface area (Å²) < 4.78 is 16.8. The number of hydrogen-bond donors (Lipinski definition) is 3. The maximum Gasteiger partial charge on any atom is 0.408 e. The molecule has 1 saturated carbocycles. The summed E-state index contributed by atoms with van der Waals surface area (Å²) in [7, 11) is 0. The monoisotopic (exact) mass is 470 g/mol. The Kier molecular flexibility index (Phi) is 11.9. The van der Waals surface area contributed by atoms with Gasteiger partial charge < -0.3 is 30.0 Å².